The molecule has 0 heterocycles. The van der Waals surface area contributed by atoms with Crippen LogP contribution in [0.2, 0.25) is 5.02 Å². The Morgan fingerprint density at radius 1 is 1.05 bits per heavy atom. The SMILES string of the molecule is Cc1ccc(C)c(OCCNC(=O)c2ccc(Cl)cc2)c1C. The molecule has 0 saturated carbocycles. The van der Waals surface area contributed by atoms with Crippen molar-refractivity contribution in [2.45, 2.75) is 20.8 Å². The number of hydrogen-bond donors (Lipinski definition) is 1. The molecule has 1 amide bonds. The van der Waals surface area contributed by atoms with Crippen LogP contribution < -0.4 is 10.1 Å². The average molecular weight is 318 g/mol. The number of hydrogen-bond acceptors (Lipinski definition) is 2. The van der Waals surface area contributed by atoms with Gasteiger partial charge in [-0.25, -0.2) is 0 Å². The summed E-state index contributed by atoms with van der Waals surface area (Å²) in [5, 5.41) is 3.45. The Morgan fingerprint density at radius 3 is 2.36 bits per heavy atom. The van der Waals surface area contributed by atoms with Crippen LogP contribution in [0.5, 0.6) is 5.75 Å². The molecule has 0 bridgehead atoms. The molecule has 116 valence electrons. The second kappa shape index (κ2) is 7.32. The number of nitrogens with one attached hydrogen (secondary N) is 1. The van der Waals surface area contributed by atoms with Crippen molar-refractivity contribution in [2.24, 2.45) is 0 Å². The Bertz CT molecular complexity index is 666. The summed E-state index contributed by atoms with van der Waals surface area (Å²) in [5.74, 6) is 0.777. The molecular weight excluding hydrogens is 298 g/mol. The van der Waals surface area contributed by atoms with Crippen LogP contribution in [0.15, 0.2) is 36.4 Å². The fourth-order valence-electron chi connectivity index (χ4n) is 2.17. The first kappa shape index (κ1) is 16.4. The zero-order chi connectivity index (χ0) is 16.1. The highest BCUT2D eigenvalue weighted by Crippen LogP contribution is 2.25. The minimum atomic E-state index is -0.127. The van der Waals surface area contributed by atoms with Crippen LogP contribution >= 0.6 is 11.6 Å². The fourth-order valence-corrected chi connectivity index (χ4v) is 2.29. The quantitative estimate of drug-likeness (QED) is 0.844. The molecule has 0 saturated heterocycles. The molecular formula is C18H20ClNO2. The molecule has 2 rings (SSSR count). The van der Waals surface area contributed by atoms with E-state index in [2.05, 4.69) is 18.3 Å². The van der Waals surface area contributed by atoms with Crippen molar-refractivity contribution in [1.82, 2.24) is 5.32 Å². The molecule has 0 aliphatic heterocycles. The van der Waals surface area contributed by atoms with Gasteiger partial charge in [0, 0.05) is 10.6 Å². The minimum Gasteiger partial charge on any atom is -0.491 e. The topological polar surface area (TPSA) is 38.3 Å². The summed E-state index contributed by atoms with van der Waals surface area (Å²) in [6.07, 6.45) is 0. The van der Waals surface area contributed by atoms with Crippen LogP contribution in [0.1, 0.15) is 27.0 Å². The molecule has 2 aromatic rings. The number of rotatable bonds is 5. The molecule has 0 unspecified atom stereocenters. The lowest BCUT2D eigenvalue weighted by atomic mass is 10.1. The van der Waals surface area contributed by atoms with Crippen LogP contribution in [-0.4, -0.2) is 19.1 Å². The number of halogens is 1. The predicted molar refractivity (Wildman–Crippen MR) is 89.9 cm³/mol. The van der Waals surface area contributed by atoms with E-state index in [1.807, 2.05) is 19.9 Å². The van der Waals surface area contributed by atoms with Crippen LogP contribution in [-0.2, 0) is 0 Å². The molecule has 0 atom stereocenters. The molecule has 2 aromatic carbocycles. The second-order valence-electron chi connectivity index (χ2n) is 5.26. The van der Waals surface area contributed by atoms with E-state index in [1.165, 1.54) is 5.56 Å². The van der Waals surface area contributed by atoms with Crippen molar-refractivity contribution in [1.29, 1.82) is 0 Å². The summed E-state index contributed by atoms with van der Waals surface area (Å²) in [6.45, 7) is 7.01. The Hall–Kier alpha value is -2.00. The highest BCUT2D eigenvalue weighted by molar-refractivity contribution is 6.30. The Kier molecular flexibility index (Phi) is 5.45. The maximum Gasteiger partial charge on any atom is 0.251 e. The minimum absolute atomic E-state index is 0.127. The molecule has 1 N–H and O–H groups in total. The first-order valence-corrected chi connectivity index (χ1v) is 7.60. The number of aryl methyl sites for hydroxylation is 2. The summed E-state index contributed by atoms with van der Waals surface area (Å²) >= 11 is 5.80. The highest BCUT2D eigenvalue weighted by atomic mass is 35.5. The second-order valence-corrected chi connectivity index (χ2v) is 5.70. The van der Waals surface area contributed by atoms with Crippen molar-refractivity contribution < 1.29 is 9.53 Å². The molecule has 0 fully saturated rings. The Labute approximate surface area is 136 Å². The van der Waals surface area contributed by atoms with Crippen molar-refractivity contribution >= 4 is 17.5 Å². The third-order valence-electron chi connectivity index (χ3n) is 3.61. The van der Waals surface area contributed by atoms with Gasteiger partial charge in [-0.2, -0.15) is 0 Å². The third kappa shape index (κ3) is 4.01. The monoisotopic (exact) mass is 317 g/mol. The van der Waals surface area contributed by atoms with Gasteiger partial charge in [-0.1, -0.05) is 23.7 Å². The van der Waals surface area contributed by atoms with E-state index >= 15 is 0 Å². The molecule has 22 heavy (non-hydrogen) atoms. The van der Waals surface area contributed by atoms with Crippen molar-refractivity contribution in [3.05, 3.63) is 63.7 Å². The van der Waals surface area contributed by atoms with E-state index in [0.717, 1.165) is 16.9 Å². The number of amides is 1. The molecule has 0 aromatic heterocycles. The lowest BCUT2D eigenvalue weighted by Crippen LogP contribution is -2.28. The van der Waals surface area contributed by atoms with Crippen LogP contribution in [0.25, 0.3) is 0 Å². The molecule has 3 nitrogen and oxygen atoms in total. The largest absolute Gasteiger partial charge is 0.491 e. The lowest BCUT2D eigenvalue weighted by Gasteiger charge is -2.14. The van der Waals surface area contributed by atoms with E-state index in [1.54, 1.807) is 24.3 Å². The zero-order valence-corrected chi connectivity index (χ0v) is 13.8. The normalized spacial score (nSPS) is 10.4. The Balaban J connectivity index is 1.86. The third-order valence-corrected chi connectivity index (χ3v) is 3.87. The first-order chi connectivity index (χ1) is 10.5. The molecule has 0 radical (unpaired) electrons. The number of ether oxygens (including phenoxy) is 1. The Morgan fingerprint density at radius 2 is 1.68 bits per heavy atom. The maximum atomic E-state index is 11.9. The summed E-state index contributed by atoms with van der Waals surface area (Å²) in [7, 11) is 0. The summed E-state index contributed by atoms with van der Waals surface area (Å²) in [6, 6.07) is 10.9. The summed E-state index contributed by atoms with van der Waals surface area (Å²) < 4.78 is 5.82. The van der Waals surface area contributed by atoms with Gasteiger partial charge in [0.15, 0.2) is 0 Å². The summed E-state index contributed by atoms with van der Waals surface area (Å²) in [5.41, 5.74) is 4.04. The maximum absolute atomic E-state index is 11.9. The van der Waals surface area contributed by atoms with Gasteiger partial charge in [0.05, 0.1) is 6.54 Å². The van der Waals surface area contributed by atoms with Crippen LogP contribution in [0.4, 0.5) is 0 Å². The fraction of sp³-hybridized carbons (Fsp3) is 0.278. The van der Waals surface area contributed by atoms with E-state index < -0.39 is 0 Å². The molecule has 4 heteroatoms. The van der Waals surface area contributed by atoms with Crippen LogP contribution in [0, 0.1) is 20.8 Å². The van der Waals surface area contributed by atoms with E-state index in [4.69, 9.17) is 16.3 Å². The number of benzene rings is 2. The van der Waals surface area contributed by atoms with E-state index in [0.29, 0.717) is 23.7 Å². The predicted octanol–water partition coefficient (Wildman–Crippen LogP) is 4.07. The van der Waals surface area contributed by atoms with Gasteiger partial charge in [-0.15, -0.1) is 0 Å². The van der Waals surface area contributed by atoms with Crippen molar-refractivity contribution in [2.75, 3.05) is 13.2 Å². The molecule has 0 aliphatic rings. The summed E-state index contributed by atoms with van der Waals surface area (Å²) in [4.78, 5) is 11.9. The zero-order valence-electron chi connectivity index (χ0n) is 13.1. The van der Waals surface area contributed by atoms with Gasteiger partial charge in [0.1, 0.15) is 12.4 Å². The van der Waals surface area contributed by atoms with Crippen molar-refractivity contribution in [3.63, 3.8) is 0 Å². The van der Waals surface area contributed by atoms with E-state index in [-0.39, 0.29) is 5.91 Å². The highest BCUT2D eigenvalue weighted by Gasteiger charge is 2.07. The number of carbonyl (C=O) groups excluding carboxylic acids is 1. The standard InChI is InChI=1S/C18H20ClNO2/c1-12-4-5-13(2)17(14(12)3)22-11-10-20-18(21)15-6-8-16(19)9-7-15/h4-9H,10-11H2,1-3H3,(H,20,21). The average Bonchev–Trinajstić information content (AvgIpc) is 2.51. The van der Waals surface area contributed by atoms with E-state index in [9.17, 15) is 4.79 Å². The first-order valence-electron chi connectivity index (χ1n) is 7.22. The lowest BCUT2D eigenvalue weighted by molar-refractivity contribution is 0.0947. The van der Waals surface area contributed by atoms with Gasteiger partial charge >= 0.3 is 0 Å². The number of carbonyl (C=O) groups is 1. The molecule has 0 spiro atoms. The molecule has 0 aliphatic carbocycles. The van der Waals surface area contributed by atoms with Gasteiger partial charge < -0.3 is 10.1 Å². The van der Waals surface area contributed by atoms with Gasteiger partial charge in [0.2, 0.25) is 0 Å². The van der Waals surface area contributed by atoms with Gasteiger partial charge in [-0.3, -0.25) is 4.79 Å². The van der Waals surface area contributed by atoms with Crippen LogP contribution in [0.3, 0.4) is 0 Å². The van der Waals surface area contributed by atoms with Gasteiger partial charge in [0.25, 0.3) is 5.91 Å². The van der Waals surface area contributed by atoms with Gasteiger partial charge in [-0.05, 0) is 61.7 Å². The smallest absolute Gasteiger partial charge is 0.251 e. The van der Waals surface area contributed by atoms with Crippen molar-refractivity contribution in [3.8, 4) is 5.75 Å².